The van der Waals surface area contributed by atoms with Gasteiger partial charge in [-0.1, -0.05) is 36.4 Å². The number of carbonyl (C=O) groups is 1. The predicted molar refractivity (Wildman–Crippen MR) is 174 cm³/mol. The summed E-state index contributed by atoms with van der Waals surface area (Å²) in [5.74, 6) is -0.649. The van der Waals surface area contributed by atoms with E-state index in [0.29, 0.717) is 61.3 Å². The molecule has 5 aromatic carbocycles. The molecule has 6 aromatic rings. The van der Waals surface area contributed by atoms with Crippen molar-refractivity contribution in [1.82, 2.24) is 3.97 Å². The standard InChI is InChI=1S/C37H25F3N2O4S/c1-45-33-19-25(37(43)46-2)12-16-29(33)23-7-5-8-24(18-23)35-34(30-9-4-3-6-26(30)21-41)31-20-27(38)13-17-32(31)42(35)47(44)28-14-10-22(11-15-28)36(39)40/h3-20,36H,1-2H3. The van der Waals surface area contributed by atoms with Gasteiger partial charge in [-0.15, -0.1) is 0 Å². The molecule has 0 bridgehead atoms. The van der Waals surface area contributed by atoms with Gasteiger partial charge in [0.05, 0.1) is 36.9 Å². The number of nitrogens with zero attached hydrogens (tertiary/aromatic N) is 2. The fraction of sp³-hybridized carbons (Fsp3) is 0.0811. The summed E-state index contributed by atoms with van der Waals surface area (Å²) in [6.07, 6.45) is -2.70. The molecule has 0 aliphatic carbocycles. The van der Waals surface area contributed by atoms with Crippen molar-refractivity contribution in [2.45, 2.75) is 11.3 Å². The summed E-state index contributed by atoms with van der Waals surface area (Å²) >= 11 is -2.00. The van der Waals surface area contributed by atoms with Crippen LogP contribution in [0.25, 0.3) is 44.4 Å². The quantitative estimate of drug-likeness (QED) is 0.121. The number of esters is 1. The zero-order valence-electron chi connectivity index (χ0n) is 25.0. The van der Waals surface area contributed by atoms with E-state index in [-0.39, 0.29) is 10.5 Å². The average molecular weight is 651 g/mol. The molecule has 10 heteroatoms. The molecule has 234 valence electrons. The molecular weight excluding hydrogens is 625 g/mol. The summed E-state index contributed by atoms with van der Waals surface area (Å²) in [6, 6.07) is 30.5. The molecule has 1 unspecified atom stereocenters. The van der Waals surface area contributed by atoms with Crippen molar-refractivity contribution >= 4 is 28.2 Å². The van der Waals surface area contributed by atoms with Gasteiger partial charge < -0.3 is 14.0 Å². The maximum absolute atomic E-state index is 14.9. The second-order valence-corrected chi connectivity index (χ2v) is 11.8. The molecule has 47 heavy (non-hydrogen) atoms. The van der Waals surface area contributed by atoms with Gasteiger partial charge in [0.1, 0.15) is 28.6 Å². The monoisotopic (exact) mass is 650 g/mol. The second-order valence-electron chi connectivity index (χ2n) is 10.4. The second kappa shape index (κ2) is 13.1. The molecule has 0 saturated carbocycles. The van der Waals surface area contributed by atoms with E-state index in [4.69, 9.17) is 9.47 Å². The number of methoxy groups -OCH3 is 2. The Kier molecular flexibility index (Phi) is 8.76. The van der Waals surface area contributed by atoms with Gasteiger partial charge in [-0.3, -0.25) is 0 Å². The minimum absolute atomic E-state index is 0.214. The third-order valence-electron chi connectivity index (χ3n) is 7.77. The van der Waals surface area contributed by atoms with Crippen LogP contribution < -0.4 is 4.74 Å². The average Bonchev–Trinajstić information content (AvgIpc) is 3.44. The fourth-order valence-corrected chi connectivity index (χ4v) is 6.86. The zero-order chi connectivity index (χ0) is 33.2. The number of rotatable bonds is 8. The Morgan fingerprint density at radius 3 is 2.32 bits per heavy atom. The van der Waals surface area contributed by atoms with Gasteiger partial charge in [-0.2, -0.15) is 9.23 Å². The number of halogens is 3. The van der Waals surface area contributed by atoms with Crippen LogP contribution in [0.5, 0.6) is 5.75 Å². The lowest BCUT2D eigenvalue weighted by molar-refractivity contribution is 0.0600. The van der Waals surface area contributed by atoms with Crippen LogP contribution >= 0.6 is 0 Å². The molecule has 1 heterocycles. The van der Waals surface area contributed by atoms with Gasteiger partial charge in [0.2, 0.25) is 0 Å². The number of hydrogen-bond acceptors (Lipinski definition) is 5. The molecule has 0 fully saturated rings. The van der Waals surface area contributed by atoms with E-state index in [1.54, 1.807) is 54.6 Å². The summed E-state index contributed by atoms with van der Waals surface area (Å²) < 4.78 is 68.1. The minimum atomic E-state index is -2.70. The molecule has 0 amide bonds. The van der Waals surface area contributed by atoms with Crippen LogP contribution in [-0.4, -0.2) is 28.7 Å². The van der Waals surface area contributed by atoms with E-state index in [9.17, 15) is 27.8 Å². The third-order valence-corrected chi connectivity index (χ3v) is 9.16. The van der Waals surface area contributed by atoms with Crippen LogP contribution in [0, 0.1) is 17.1 Å². The molecule has 6 rings (SSSR count). The normalized spacial score (nSPS) is 11.8. The maximum atomic E-state index is 14.9. The van der Waals surface area contributed by atoms with Gasteiger partial charge in [0.25, 0.3) is 6.43 Å². The molecule has 0 aliphatic rings. The summed E-state index contributed by atoms with van der Waals surface area (Å²) in [4.78, 5) is 12.4. The van der Waals surface area contributed by atoms with Crippen LogP contribution in [0.3, 0.4) is 0 Å². The Morgan fingerprint density at radius 2 is 1.62 bits per heavy atom. The molecule has 0 aliphatic heterocycles. The molecule has 6 nitrogen and oxygen atoms in total. The van der Waals surface area contributed by atoms with Gasteiger partial charge in [-0.05, 0) is 78.4 Å². The van der Waals surface area contributed by atoms with Crippen molar-refractivity contribution in [2.24, 2.45) is 0 Å². The number of ether oxygens (including phenoxy) is 2. The molecule has 0 N–H and O–H groups in total. The van der Waals surface area contributed by atoms with E-state index in [1.807, 2.05) is 12.1 Å². The summed E-state index contributed by atoms with van der Waals surface area (Å²) in [7, 11) is 2.77. The summed E-state index contributed by atoms with van der Waals surface area (Å²) in [5.41, 5.74) is 4.10. The van der Waals surface area contributed by atoms with Crippen LogP contribution in [-0.2, 0) is 16.1 Å². The Balaban J connectivity index is 1.66. The lowest BCUT2D eigenvalue weighted by Gasteiger charge is -2.17. The van der Waals surface area contributed by atoms with Crippen molar-refractivity contribution in [1.29, 1.82) is 5.26 Å². The first-order chi connectivity index (χ1) is 22.7. The highest BCUT2D eigenvalue weighted by molar-refractivity contribution is 7.90. The Morgan fingerprint density at radius 1 is 0.872 bits per heavy atom. The van der Waals surface area contributed by atoms with Crippen molar-refractivity contribution in [2.75, 3.05) is 14.2 Å². The number of nitriles is 1. The highest BCUT2D eigenvalue weighted by Crippen LogP contribution is 2.45. The Labute approximate surface area is 271 Å². The predicted octanol–water partition coefficient (Wildman–Crippen LogP) is 8.96. The number of benzene rings is 5. The van der Waals surface area contributed by atoms with Crippen molar-refractivity contribution < 1.29 is 32.0 Å². The van der Waals surface area contributed by atoms with Crippen LogP contribution in [0.4, 0.5) is 13.2 Å². The topological polar surface area (TPSA) is 87.3 Å². The largest absolute Gasteiger partial charge is 0.587 e. The van der Waals surface area contributed by atoms with Crippen molar-refractivity contribution in [3.63, 3.8) is 0 Å². The zero-order valence-corrected chi connectivity index (χ0v) is 25.9. The third kappa shape index (κ3) is 5.83. The first-order valence-electron chi connectivity index (χ1n) is 14.3. The van der Waals surface area contributed by atoms with Gasteiger partial charge >= 0.3 is 5.97 Å². The smallest absolute Gasteiger partial charge is 0.337 e. The van der Waals surface area contributed by atoms with Crippen LogP contribution in [0.2, 0.25) is 0 Å². The molecule has 1 aromatic heterocycles. The molecule has 0 spiro atoms. The van der Waals surface area contributed by atoms with Crippen LogP contribution in [0.15, 0.2) is 114 Å². The molecule has 1 atom stereocenters. The Bertz CT molecular complexity index is 2170. The van der Waals surface area contributed by atoms with Crippen LogP contribution in [0.1, 0.15) is 27.9 Å². The highest BCUT2D eigenvalue weighted by atomic mass is 32.2. The summed E-state index contributed by atoms with van der Waals surface area (Å²) in [6.45, 7) is 0. The maximum Gasteiger partial charge on any atom is 0.337 e. The van der Waals surface area contributed by atoms with E-state index >= 15 is 0 Å². The number of carbonyl (C=O) groups excluding carboxylic acids is 1. The van der Waals surface area contributed by atoms with E-state index in [2.05, 4.69) is 6.07 Å². The van der Waals surface area contributed by atoms with E-state index < -0.39 is 29.6 Å². The molecule has 0 saturated heterocycles. The molecular formula is C37H25F3N2O4S. The first kappa shape index (κ1) is 31.5. The Hall–Kier alpha value is -5.50. The first-order valence-corrected chi connectivity index (χ1v) is 15.4. The van der Waals surface area contributed by atoms with Gasteiger partial charge in [0, 0.05) is 33.2 Å². The van der Waals surface area contributed by atoms with Gasteiger partial charge in [0.15, 0.2) is 4.90 Å². The fourth-order valence-electron chi connectivity index (χ4n) is 5.58. The van der Waals surface area contributed by atoms with Gasteiger partial charge in [-0.25, -0.2) is 18.0 Å². The number of alkyl halides is 2. The minimum Gasteiger partial charge on any atom is -0.587 e. The number of fused-ring (bicyclic) bond motifs is 1. The van der Waals surface area contributed by atoms with Crippen molar-refractivity contribution in [3.8, 4) is 45.3 Å². The lowest BCUT2D eigenvalue weighted by atomic mass is 9.93. The van der Waals surface area contributed by atoms with Crippen molar-refractivity contribution in [3.05, 3.63) is 132 Å². The van der Waals surface area contributed by atoms with E-state index in [1.165, 1.54) is 60.7 Å². The highest BCUT2D eigenvalue weighted by Gasteiger charge is 2.30. The summed E-state index contributed by atoms with van der Waals surface area (Å²) in [5, 5.41) is 10.5. The molecule has 0 radical (unpaired) electrons. The van der Waals surface area contributed by atoms with E-state index in [0.717, 1.165) is 0 Å². The lowest BCUT2D eigenvalue weighted by Crippen LogP contribution is -2.14. The SMILES string of the molecule is COC(=O)c1ccc(-c2cccc(-c3c(-c4ccccc4C#N)c4cc(F)ccc4n3[S+]([O-])c3ccc(C(F)F)cc3)c2)c(OC)c1. The number of hydrogen-bond donors (Lipinski definition) is 0. The number of aromatic nitrogens is 1.